The Labute approximate surface area is 169 Å². The summed E-state index contributed by atoms with van der Waals surface area (Å²) in [6, 6.07) is 22.0. The van der Waals surface area contributed by atoms with Gasteiger partial charge < -0.3 is 9.47 Å². The van der Waals surface area contributed by atoms with Crippen molar-refractivity contribution in [3.05, 3.63) is 84.2 Å². The van der Waals surface area contributed by atoms with Crippen LogP contribution in [0.3, 0.4) is 0 Å². The van der Waals surface area contributed by atoms with E-state index in [1.807, 2.05) is 60.1 Å². The van der Waals surface area contributed by atoms with Gasteiger partial charge in [0.25, 0.3) is 0 Å². The standard InChI is InChI=1S/C24H21FN2O2/c1-16-23(17-6-4-8-21(14-17)28-2)26-27(20-12-10-19(25)11-13-20)24(16)18-7-5-9-22(15-18)29-3/h4-15H,1-3H3. The zero-order valence-electron chi connectivity index (χ0n) is 16.5. The van der Waals surface area contributed by atoms with E-state index >= 15 is 0 Å². The van der Waals surface area contributed by atoms with Crippen LogP contribution in [0.1, 0.15) is 5.56 Å². The fraction of sp³-hybridized carbons (Fsp3) is 0.125. The van der Waals surface area contributed by atoms with E-state index in [4.69, 9.17) is 14.6 Å². The van der Waals surface area contributed by atoms with Crippen LogP contribution in [-0.4, -0.2) is 24.0 Å². The van der Waals surface area contributed by atoms with Crippen molar-refractivity contribution in [1.82, 2.24) is 9.78 Å². The highest BCUT2D eigenvalue weighted by atomic mass is 19.1. The van der Waals surface area contributed by atoms with Gasteiger partial charge in [0.05, 0.1) is 31.3 Å². The molecule has 0 bridgehead atoms. The summed E-state index contributed by atoms with van der Waals surface area (Å²) in [5, 5.41) is 4.89. The highest BCUT2D eigenvalue weighted by molar-refractivity contribution is 5.76. The van der Waals surface area contributed by atoms with Crippen LogP contribution in [0.2, 0.25) is 0 Å². The molecule has 4 nitrogen and oxygen atoms in total. The molecule has 0 atom stereocenters. The first-order valence-electron chi connectivity index (χ1n) is 9.25. The summed E-state index contributed by atoms with van der Waals surface area (Å²) < 4.78 is 26.1. The van der Waals surface area contributed by atoms with Gasteiger partial charge in [-0.05, 0) is 55.5 Å². The monoisotopic (exact) mass is 388 g/mol. The van der Waals surface area contributed by atoms with Crippen LogP contribution in [0.5, 0.6) is 11.5 Å². The smallest absolute Gasteiger partial charge is 0.123 e. The van der Waals surface area contributed by atoms with Gasteiger partial charge in [0, 0.05) is 16.7 Å². The van der Waals surface area contributed by atoms with Crippen LogP contribution in [0.15, 0.2) is 72.8 Å². The number of methoxy groups -OCH3 is 2. The van der Waals surface area contributed by atoms with Gasteiger partial charge in [-0.1, -0.05) is 24.3 Å². The second-order valence-electron chi connectivity index (χ2n) is 6.67. The lowest BCUT2D eigenvalue weighted by atomic mass is 10.0. The average molecular weight is 388 g/mol. The van der Waals surface area contributed by atoms with Crippen molar-refractivity contribution in [2.75, 3.05) is 14.2 Å². The fourth-order valence-electron chi connectivity index (χ4n) is 3.42. The third-order valence-electron chi connectivity index (χ3n) is 4.88. The molecule has 0 aliphatic rings. The summed E-state index contributed by atoms with van der Waals surface area (Å²) in [6.07, 6.45) is 0. The van der Waals surface area contributed by atoms with Crippen molar-refractivity contribution in [2.24, 2.45) is 0 Å². The highest BCUT2D eigenvalue weighted by Gasteiger charge is 2.19. The third-order valence-corrected chi connectivity index (χ3v) is 4.88. The largest absolute Gasteiger partial charge is 0.497 e. The molecule has 0 aliphatic carbocycles. The summed E-state index contributed by atoms with van der Waals surface area (Å²) in [5.41, 5.74) is 5.47. The fourth-order valence-corrected chi connectivity index (χ4v) is 3.42. The van der Waals surface area contributed by atoms with E-state index in [-0.39, 0.29) is 5.82 Å². The molecule has 0 saturated carbocycles. The number of aromatic nitrogens is 2. The summed E-state index contributed by atoms with van der Waals surface area (Å²) in [4.78, 5) is 0. The number of nitrogens with zero attached hydrogens (tertiary/aromatic N) is 2. The van der Waals surface area contributed by atoms with E-state index < -0.39 is 0 Å². The summed E-state index contributed by atoms with van der Waals surface area (Å²) in [7, 11) is 3.29. The van der Waals surface area contributed by atoms with E-state index in [0.717, 1.165) is 45.3 Å². The number of hydrogen-bond donors (Lipinski definition) is 0. The molecular weight excluding hydrogens is 367 g/mol. The Morgan fingerprint density at radius 2 is 1.38 bits per heavy atom. The molecule has 0 aliphatic heterocycles. The zero-order valence-corrected chi connectivity index (χ0v) is 16.5. The molecule has 0 amide bonds. The quantitative estimate of drug-likeness (QED) is 0.442. The first kappa shape index (κ1) is 18.7. The van der Waals surface area contributed by atoms with Crippen molar-refractivity contribution in [3.8, 4) is 39.7 Å². The Balaban J connectivity index is 1.96. The van der Waals surface area contributed by atoms with Crippen molar-refractivity contribution in [1.29, 1.82) is 0 Å². The Kier molecular flexibility index (Phi) is 5.04. The topological polar surface area (TPSA) is 36.3 Å². The van der Waals surface area contributed by atoms with E-state index in [0.29, 0.717) is 0 Å². The third kappa shape index (κ3) is 3.59. The molecule has 0 saturated heterocycles. The van der Waals surface area contributed by atoms with Gasteiger partial charge in [0.2, 0.25) is 0 Å². The van der Waals surface area contributed by atoms with E-state index in [2.05, 4.69) is 0 Å². The zero-order chi connectivity index (χ0) is 20.4. The first-order valence-corrected chi connectivity index (χ1v) is 9.25. The van der Waals surface area contributed by atoms with Gasteiger partial charge in [-0.25, -0.2) is 9.07 Å². The molecule has 146 valence electrons. The maximum atomic E-state index is 13.5. The van der Waals surface area contributed by atoms with Crippen LogP contribution in [0, 0.1) is 12.7 Å². The highest BCUT2D eigenvalue weighted by Crippen LogP contribution is 2.35. The Morgan fingerprint density at radius 3 is 2.00 bits per heavy atom. The first-order chi connectivity index (χ1) is 14.1. The Bertz CT molecular complexity index is 1150. The predicted molar refractivity (Wildman–Crippen MR) is 112 cm³/mol. The molecule has 1 aromatic heterocycles. The summed E-state index contributed by atoms with van der Waals surface area (Å²) >= 11 is 0. The maximum Gasteiger partial charge on any atom is 0.123 e. The lowest BCUT2D eigenvalue weighted by Gasteiger charge is -2.10. The van der Waals surface area contributed by atoms with Gasteiger partial charge in [-0.2, -0.15) is 5.10 Å². The van der Waals surface area contributed by atoms with Crippen LogP contribution in [0.4, 0.5) is 4.39 Å². The van der Waals surface area contributed by atoms with Crippen LogP contribution < -0.4 is 9.47 Å². The molecule has 0 unspecified atom stereocenters. The number of benzene rings is 3. The van der Waals surface area contributed by atoms with Crippen molar-refractivity contribution in [3.63, 3.8) is 0 Å². The van der Waals surface area contributed by atoms with Crippen LogP contribution in [-0.2, 0) is 0 Å². The molecule has 0 fully saturated rings. The molecule has 4 rings (SSSR count). The molecule has 29 heavy (non-hydrogen) atoms. The minimum atomic E-state index is -0.284. The van der Waals surface area contributed by atoms with Crippen LogP contribution >= 0.6 is 0 Å². The summed E-state index contributed by atoms with van der Waals surface area (Å²) in [5.74, 6) is 1.24. The molecule has 3 aromatic carbocycles. The van der Waals surface area contributed by atoms with Crippen molar-refractivity contribution in [2.45, 2.75) is 6.92 Å². The van der Waals surface area contributed by atoms with Gasteiger partial charge in [0.15, 0.2) is 0 Å². The lowest BCUT2D eigenvalue weighted by Crippen LogP contribution is -2.00. The number of ether oxygens (including phenoxy) is 2. The average Bonchev–Trinajstić information content (AvgIpc) is 3.11. The molecule has 1 heterocycles. The second kappa shape index (κ2) is 7.80. The van der Waals surface area contributed by atoms with Gasteiger partial charge in [-0.3, -0.25) is 0 Å². The number of rotatable bonds is 5. The Hall–Kier alpha value is -3.60. The van der Waals surface area contributed by atoms with Crippen LogP contribution in [0.25, 0.3) is 28.2 Å². The number of hydrogen-bond acceptors (Lipinski definition) is 3. The molecular formula is C24H21FN2O2. The van der Waals surface area contributed by atoms with E-state index in [1.165, 1.54) is 12.1 Å². The molecule has 5 heteroatoms. The Morgan fingerprint density at radius 1 is 0.793 bits per heavy atom. The maximum absolute atomic E-state index is 13.5. The lowest BCUT2D eigenvalue weighted by molar-refractivity contribution is 0.415. The van der Waals surface area contributed by atoms with Crippen molar-refractivity contribution >= 4 is 0 Å². The molecule has 0 N–H and O–H groups in total. The van der Waals surface area contributed by atoms with Gasteiger partial charge >= 0.3 is 0 Å². The molecule has 4 aromatic rings. The number of halogens is 1. The SMILES string of the molecule is COc1cccc(-c2nn(-c3ccc(F)cc3)c(-c3cccc(OC)c3)c2C)c1. The molecule has 0 radical (unpaired) electrons. The minimum Gasteiger partial charge on any atom is -0.497 e. The normalized spacial score (nSPS) is 10.8. The minimum absolute atomic E-state index is 0.284. The van der Waals surface area contributed by atoms with Gasteiger partial charge in [0.1, 0.15) is 17.3 Å². The van der Waals surface area contributed by atoms with Gasteiger partial charge in [-0.15, -0.1) is 0 Å². The predicted octanol–water partition coefficient (Wildman–Crippen LogP) is 5.67. The second-order valence-corrected chi connectivity index (χ2v) is 6.67. The summed E-state index contributed by atoms with van der Waals surface area (Å²) in [6.45, 7) is 2.04. The van der Waals surface area contributed by atoms with Crippen molar-refractivity contribution < 1.29 is 13.9 Å². The van der Waals surface area contributed by atoms with E-state index in [1.54, 1.807) is 26.4 Å². The van der Waals surface area contributed by atoms with E-state index in [9.17, 15) is 4.39 Å². The molecule has 0 spiro atoms.